The zero-order valence-electron chi connectivity index (χ0n) is 13.7. The molecule has 0 unspecified atom stereocenters. The summed E-state index contributed by atoms with van der Waals surface area (Å²) in [7, 11) is 0. The van der Waals surface area contributed by atoms with E-state index in [1.165, 1.54) is 24.0 Å². The van der Waals surface area contributed by atoms with Crippen LogP contribution in [-0.2, 0) is 9.59 Å². The Bertz CT molecular complexity index is 760. The fourth-order valence-corrected chi connectivity index (χ4v) is 2.48. The minimum absolute atomic E-state index is 0.0858. The number of benzene rings is 2. The van der Waals surface area contributed by atoms with Gasteiger partial charge in [0.2, 0.25) is 11.8 Å². The zero-order valence-corrected chi connectivity index (χ0v) is 14.5. The van der Waals surface area contributed by atoms with Crippen molar-refractivity contribution in [3.8, 4) is 5.75 Å². The lowest BCUT2D eigenvalue weighted by Crippen LogP contribution is -2.21. The van der Waals surface area contributed by atoms with Crippen molar-refractivity contribution < 1.29 is 14.7 Å². The summed E-state index contributed by atoms with van der Waals surface area (Å²) in [5.74, 6) is -0.119. The maximum Gasteiger partial charge on any atom is 0.250 e. The molecule has 2 rings (SSSR count). The number of hydrazone groups is 1. The summed E-state index contributed by atoms with van der Waals surface area (Å²) >= 11 is 1.19. The highest BCUT2D eigenvalue weighted by Crippen LogP contribution is 2.12. The number of nitrogens with zero attached hydrogens (tertiary/aromatic N) is 1. The molecule has 2 aromatic rings. The van der Waals surface area contributed by atoms with E-state index in [1.807, 2.05) is 31.2 Å². The van der Waals surface area contributed by atoms with Gasteiger partial charge < -0.3 is 10.4 Å². The molecule has 0 saturated heterocycles. The summed E-state index contributed by atoms with van der Waals surface area (Å²) in [6.07, 6.45) is 1.36. The predicted octanol–water partition coefficient (Wildman–Crippen LogP) is 2.52. The Morgan fingerprint density at radius 1 is 1.08 bits per heavy atom. The Labute approximate surface area is 150 Å². The first-order valence-corrected chi connectivity index (χ1v) is 8.74. The topological polar surface area (TPSA) is 90.8 Å². The highest BCUT2D eigenvalue weighted by atomic mass is 32.2. The third-order valence-electron chi connectivity index (χ3n) is 3.13. The van der Waals surface area contributed by atoms with Gasteiger partial charge in [-0.3, -0.25) is 9.59 Å². The van der Waals surface area contributed by atoms with E-state index in [1.54, 1.807) is 18.2 Å². The number of aryl methyl sites for hydroxylation is 1. The third kappa shape index (κ3) is 6.68. The Hall–Kier alpha value is -2.80. The van der Waals surface area contributed by atoms with Crippen LogP contribution < -0.4 is 10.7 Å². The second-order valence-electron chi connectivity index (χ2n) is 5.26. The number of aromatic hydroxyl groups is 1. The molecule has 25 heavy (non-hydrogen) atoms. The minimum atomic E-state index is -0.320. The summed E-state index contributed by atoms with van der Waals surface area (Å²) in [6.45, 7) is 1.97. The van der Waals surface area contributed by atoms with Crippen molar-refractivity contribution >= 4 is 35.5 Å². The summed E-state index contributed by atoms with van der Waals surface area (Å²) in [6, 6.07) is 14.2. The van der Waals surface area contributed by atoms with Gasteiger partial charge in [0.1, 0.15) is 5.75 Å². The molecule has 0 heterocycles. The van der Waals surface area contributed by atoms with Crippen LogP contribution in [-0.4, -0.2) is 34.6 Å². The molecule has 0 bridgehead atoms. The van der Waals surface area contributed by atoms with Gasteiger partial charge in [0.15, 0.2) is 0 Å². The summed E-state index contributed by atoms with van der Waals surface area (Å²) in [5.41, 5.74) is 4.71. The van der Waals surface area contributed by atoms with Gasteiger partial charge in [0.05, 0.1) is 17.7 Å². The van der Waals surface area contributed by atoms with E-state index in [4.69, 9.17) is 0 Å². The van der Waals surface area contributed by atoms with Crippen molar-refractivity contribution in [1.29, 1.82) is 0 Å². The molecule has 2 aromatic carbocycles. The number of hydrogen-bond donors (Lipinski definition) is 3. The van der Waals surface area contributed by atoms with Gasteiger partial charge in [-0.1, -0.05) is 29.8 Å². The molecule has 0 fully saturated rings. The molecule has 7 heteroatoms. The summed E-state index contributed by atoms with van der Waals surface area (Å²) < 4.78 is 0. The van der Waals surface area contributed by atoms with Gasteiger partial charge in [0, 0.05) is 11.3 Å². The molecule has 0 aromatic heterocycles. The van der Waals surface area contributed by atoms with E-state index in [2.05, 4.69) is 15.8 Å². The van der Waals surface area contributed by atoms with E-state index in [-0.39, 0.29) is 29.1 Å². The van der Waals surface area contributed by atoms with Gasteiger partial charge in [0.25, 0.3) is 0 Å². The van der Waals surface area contributed by atoms with Gasteiger partial charge in [-0.15, -0.1) is 11.8 Å². The molecular formula is C18H19N3O3S. The number of carbonyl (C=O) groups is 2. The SMILES string of the molecule is Cc1ccc(NC(=O)CSCC(=O)N/N=C/c2ccccc2O)cc1. The van der Waals surface area contributed by atoms with Crippen LogP contribution in [0.25, 0.3) is 0 Å². The van der Waals surface area contributed by atoms with Gasteiger partial charge in [-0.2, -0.15) is 5.10 Å². The van der Waals surface area contributed by atoms with E-state index in [9.17, 15) is 14.7 Å². The van der Waals surface area contributed by atoms with Crippen molar-refractivity contribution in [3.05, 3.63) is 59.7 Å². The molecule has 0 aliphatic rings. The maximum absolute atomic E-state index is 11.8. The smallest absolute Gasteiger partial charge is 0.250 e. The lowest BCUT2D eigenvalue weighted by molar-refractivity contribution is -0.118. The third-order valence-corrected chi connectivity index (χ3v) is 4.06. The number of phenols is 1. The first kappa shape index (κ1) is 18.5. The standard InChI is InChI=1S/C18H19N3O3S/c1-13-6-8-15(9-7-13)20-17(23)11-25-12-18(24)21-19-10-14-4-2-3-5-16(14)22/h2-10,22H,11-12H2,1H3,(H,20,23)(H,21,24)/b19-10+. The number of amides is 2. The van der Waals surface area contributed by atoms with Gasteiger partial charge in [-0.25, -0.2) is 5.43 Å². The van der Waals surface area contributed by atoms with Crippen molar-refractivity contribution in [3.63, 3.8) is 0 Å². The van der Waals surface area contributed by atoms with E-state index < -0.39 is 0 Å². The van der Waals surface area contributed by atoms with Crippen LogP contribution in [0.3, 0.4) is 0 Å². The Balaban J connectivity index is 1.67. The fraction of sp³-hybridized carbons (Fsp3) is 0.167. The molecule has 0 saturated carbocycles. The Kier molecular flexibility index (Phi) is 7.03. The number of anilines is 1. The normalized spacial score (nSPS) is 10.6. The number of phenolic OH excluding ortho intramolecular Hbond substituents is 1. The number of carbonyl (C=O) groups excluding carboxylic acids is 2. The van der Waals surface area contributed by atoms with Gasteiger partial charge in [-0.05, 0) is 31.2 Å². The Morgan fingerprint density at radius 3 is 2.48 bits per heavy atom. The van der Waals surface area contributed by atoms with E-state index in [0.29, 0.717) is 5.56 Å². The average molecular weight is 357 g/mol. The quantitative estimate of drug-likeness (QED) is 0.525. The van der Waals surface area contributed by atoms with Crippen molar-refractivity contribution in [1.82, 2.24) is 5.43 Å². The van der Waals surface area contributed by atoms with Crippen LogP contribution in [0.15, 0.2) is 53.6 Å². The van der Waals surface area contributed by atoms with Crippen LogP contribution in [0.1, 0.15) is 11.1 Å². The first-order chi connectivity index (χ1) is 12.0. The number of rotatable bonds is 7. The van der Waals surface area contributed by atoms with Crippen molar-refractivity contribution in [2.24, 2.45) is 5.10 Å². The number of hydrogen-bond acceptors (Lipinski definition) is 5. The van der Waals surface area contributed by atoms with Gasteiger partial charge >= 0.3 is 0 Å². The lowest BCUT2D eigenvalue weighted by atomic mass is 10.2. The molecule has 3 N–H and O–H groups in total. The molecule has 2 amide bonds. The highest BCUT2D eigenvalue weighted by Gasteiger charge is 2.05. The van der Waals surface area contributed by atoms with Crippen LogP contribution >= 0.6 is 11.8 Å². The average Bonchev–Trinajstić information content (AvgIpc) is 2.59. The second kappa shape index (κ2) is 9.48. The molecule has 0 spiro atoms. The molecule has 0 aliphatic heterocycles. The lowest BCUT2D eigenvalue weighted by Gasteiger charge is -2.05. The summed E-state index contributed by atoms with van der Waals surface area (Å²) in [5, 5.41) is 16.1. The van der Waals surface area contributed by atoms with E-state index >= 15 is 0 Å². The van der Waals surface area contributed by atoms with Crippen molar-refractivity contribution in [2.75, 3.05) is 16.8 Å². The first-order valence-electron chi connectivity index (χ1n) is 7.59. The highest BCUT2D eigenvalue weighted by molar-refractivity contribution is 8.00. The predicted molar refractivity (Wildman–Crippen MR) is 101 cm³/mol. The summed E-state index contributed by atoms with van der Waals surface area (Å²) in [4.78, 5) is 23.4. The molecule has 6 nitrogen and oxygen atoms in total. The zero-order chi connectivity index (χ0) is 18.1. The fourth-order valence-electron chi connectivity index (χ4n) is 1.87. The largest absolute Gasteiger partial charge is 0.507 e. The number of nitrogens with one attached hydrogen (secondary N) is 2. The Morgan fingerprint density at radius 2 is 1.76 bits per heavy atom. The van der Waals surface area contributed by atoms with Crippen molar-refractivity contribution in [2.45, 2.75) is 6.92 Å². The van der Waals surface area contributed by atoms with Crippen LogP contribution in [0, 0.1) is 6.92 Å². The van der Waals surface area contributed by atoms with Crippen LogP contribution in [0.5, 0.6) is 5.75 Å². The van der Waals surface area contributed by atoms with Crippen LogP contribution in [0.2, 0.25) is 0 Å². The second-order valence-corrected chi connectivity index (χ2v) is 6.24. The molecule has 0 aliphatic carbocycles. The molecule has 0 radical (unpaired) electrons. The van der Waals surface area contributed by atoms with Crippen LogP contribution in [0.4, 0.5) is 5.69 Å². The number of para-hydroxylation sites is 1. The maximum atomic E-state index is 11.8. The molecule has 130 valence electrons. The molecule has 0 atom stereocenters. The minimum Gasteiger partial charge on any atom is -0.507 e. The van der Waals surface area contributed by atoms with E-state index in [0.717, 1.165) is 11.3 Å². The molecular weight excluding hydrogens is 338 g/mol. The monoisotopic (exact) mass is 357 g/mol. The number of thioether (sulfide) groups is 1.